The highest BCUT2D eigenvalue weighted by molar-refractivity contribution is 5.91. The van der Waals surface area contributed by atoms with Crippen LogP contribution in [0.4, 0.5) is 4.39 Å². The second kappa shape index (κ2) is 10.7. The molecular weight excluding hydrogens is 417 g/mol. The zero-order valence-corrected chi connectivity index (χ0v) is 18.4. The number of aromatic nitrogens is 1. The van der Waals surface area contributed by atoms with Crippen LogP contribution in [-0.2, 0) is 19.6 Å². The van der Waals surface area contributed by atoms with Crippen molar-refractivity contribution in [1.82, 2.24) is 15.2 Å². The van der Waals surface area contributed by atoms with Crippen LogP contribution in [0.2, 0.25) is 0 Å². The minimum Gasteiger partial charge on any atom is -0.447 e. The lowest BCUT2D eigenvalue weighted by Crippen LogP contribution is -2.27. The minimum atomic E-state index is -0.290. The first-order valence-corrected chi connectivity index (χ1v) is 10.9. The van der Waals surface area contributed by atoms with E-state index >= 15 is 0 Å². The number of oxazole rings is 1. The molecule has 0 aliphatic heterocycles. The fourth-order valence-corrected chi connectivity index (χ4v) is 3.67. The summed E-state index contributed by atoms with van der Waals surface area (Å²) in [6.07, 6.45) is 1.38. The van der Waals surface area contributed by atoms with Gasteiger partial charge in [-0.1, -0.05) is 72.8 Å². The average Bonchev–Trinajstić information content (AvgIpc) is 3.32. The lowest BCUT2D eigenvalue weighted by Gasteiger charge is -2.28. The number of amides is 1. The lowest BCUT2D eigenvalue weighted by atomic mass is 10.1. The Morgan fingerprint density at radius 2 is 1.67 bits per heavy atom. The summed E-state index contributed by atoms with van der Waals surface area (Å²) >= 11 is 0. The first-order valence-electron chi connectivity index (χ1n) is 10.9. The van der Waals surface area contributed by atoms with Crippen LogP contribution in [0.1, 0.15) is 46.0 Å². The van der Waals surface area contributed by atoms with E-state index in [1.807, 2.05) is 54.6 Å². The molecule has 33 heavy (non-hydrogen) atoms. The predicted molar refractivity (Wildman–Crippen MR) is 125 cm³/mol. The molecule has 6 heteroatoms. The Morgan fingerprint density at radius 1 is 0.970 bits per heavy atom. The smallest absolute Gasteiger partial charge is 0.273 e. The van der Waals surface area contributed by atoms with Crippen molar-refractivity contribution in [2.45, 2.75) is 32.6 Å². The largest absolute Gasteiger partial charge is 0.447 e. The van der Waals surface area contributed by atoms with E-state index in [9.17, 15) is 9.18 Å². The molecule has 0 saturated heterocycles. The number of hydrogen-bond donors (Lipinski definition) is 1. The van der Waals surface area contributed by atoms with Crippen LogP contribution in [-0.4, -0.2) is 15.8 Å². The van der Waals surface area contributed by atoms with E-state index < -0.39 is 0 Å². The van der Waals surface area contributed by atoms with Crippen molar-refractivity contribution in [2.75, 3.05) is 0 Å². The van der Waals surface area contributed by atoms with E-state index in [-0.39, 0.29) is 23.5 Å². The summed E-state index contributed by atoms with van der Waals surface area (Å²) in [5.74, 6) is -0.131. The van der Waals surface area contributed by atoms with Crippen molar-refractivity contribution >= 4 is 5.91 Å². The van der Waals surface area contributed by atoms with E-state index in [4.69, 9.17) is 4.42 Å². The number of carbonyl (C=O) groups excluding carboxylic acids is 1. The molecule has 0 unspecified atom stereocenters. The number of halogens is 1. The van der Waals surface area contributed by atoms with Gasteiger partial charge in [0.25, 0.3) is 5.91 Å². The van der Waals surface area contributed by atoms with Gasteiger partial charge < -0.3 is 9.73 Å². The molecule has 0 fully saturated rings. The molecule has 168 valence electrons. The van der Waals surface area contributed by atoms with E-state index in [1.165, 1.54) is 18.4 Å². The van der Waals surface area contributed by atoms with Crippen molar-refractivity contribution in [3.05, 3.63) is 125 Å². The number of carbonyl (C=O) groups is 1. The van der Waals surface area contributed by atoms with Crippen LogP contribution in [0.3, 0.4) is 0 Å². The first kappa shape index (κ1) is 22.4. The van der Waals surface area contributed by atoms with Crippen molar-refractivity contribution in [3.8, 4) is 0 Å². The zero-order valence-electron chi connectivity index (χ0n) is 18.4. The maximum absolute atomic E-state index is 13.8. The second-order valence-corrected chi connectivity index (χ2v) is 7.92. The second-order valence-electron chi connectivity index (χ2n) is 7.92. The topological polar surface area (TPSA) is 58.4 Å². The standard InChI is InChI=1S/C27H26FN3O2/c1-20(23-12-6-3-7-13-23)31(17-22-11-8-14-24(28)15-22)18-26-30-25(19-33-26)27(32)29-16-21-9-4-2-5-10-21/h2-15,19-20H,16-18H2,1H3,(H,29,32)/t20-/m0/s1. The molecule has 0 aliphatic carbocycles. The Morgan fingerprint density at radius 3 is 2.39 bits per heavy atom. The van der Waals surface area contributed by atoms with Crippen LogP contribution in [0.25, 0.3) is 0 Å². The minimum absolute atomic E-state index is 0.0247. The Labute approximate surface area is 192 Å². The third-order valence-corrected chi connectivity index (χ3v) is 5.52. The van der Waals surface area contributed by atoms with Gasteiger partial charge in [0, 0.05) is 19.1 Å². The van der Waals surface area contributed by atoms with E-state index in [1.54, 1.807) is 6.07 Å². The molecule has 1 heterocycles. The van der Waals surface area contributed by atoms with Crippen LogP contribution in [0.5, 0.6) is 0 Å². The SMILES string of the molecule is C[C@@H](c1ccccc1)N(Cc1cccc(F)c1)Cc1nc(C(=O)NCc2ccccc2)co1. The summed E-state index contributed by atoms with van der Waals surface area (Å²) in [6, 6.07) is 26.3. The Balaban J connectivity index is 1.47. The fourth-order valence-electron chi connectivity index (χ4n) is 3.67. The van der Waals surface area contributed by atoms with Crippen LogP contribution >= 0.6 is 0 Å². The summed E-state index contributed by atoms with van der Waals surface area (Å²) < 4.78 is 19.4. The van der Waals surface area contributed by atoms with Crippen molar-refractivity contribution in [1.29, 1.82) is 0 Å². The summed E-state index contributed by atoms with van der Waals surface area (Å²) in [6.45, 7) is 3.38. The molecule has 1 aromatic heterocycles. The molecule has 1 amide bonds. The van der Waals surface area contributed by atoms with Gasteiger partial charge >= 0.3 is 0 Å². The van der Waals surface area contributed by atoms with Gasteiger partial charge in [-0.25, -0.2) is 9.37 Å². The number of benzene rings is 3. The molecule has 4 rings (SSSR count). The van der Waals surface area contributed by atoms with Gasteiger partial charge in [-0.3, -0.25) is 9.69 Å². The first-order chi connectivity index (χ1) is 16.1. The van der Waals surface area contributed by atoms with Gasteiger partial charge in [-0.2, -0.15) is 0 Å². The normalized spacial score (nSPS) is 12.0. The highest BCUT2D eigenvalue weighted by atomic mass is 19.1. The summed E-state index contributed by atoms with van der Waals surface area (Å²) in [7, 11) is 0. The van der Waals surface area contributed by atoms with Gasteiger partial charge in [0.05, 0.1) is 6.54 Å². The van der Waals surface area contributed by atoms with Crippen LogP contribution in [0, 0.1) is 5.82 Å². The molecular formula is C27H26FN3O2. The maximum atomic E-state index is 13.8. The van der Waals surface area contributed by atoms with Crippen molar-refractivity contribution in [2.24, 2.45) is 0 Å². The van der Waals surface area contributed by atoms with Gasteiger partial charge in [-0.05, 0) is 35.7 Å². The Kier molecular flexibility index (Phi) is 7.27. The van der Waals surface area contributed by atoms with Crippen molar-refractivity contribution in [3.63, 3.8) is 0 Å². The third-order valence-electron chi connectivity index (χ3n) is 5.52. The summed E-state index contributed by atoms with van der Waals surface area (Å²) in [5.41, 5.74) is 3.22. The van der Waals surface area contributed by atoms with E-state index in [2.05, 4.69) is 34.3 Å². The molecule has 3 aromatic carbocycles. The lowest BCUT2D eigenvalue weighted by molar-refractivity contribution is 0.0945. The number of nitrogens with zero attached hydrogens (tertiary/aromatic N) is 2. The number of hydrogen-bond acceptors (Lipinski definition) is 4. The van der Waals surface area contributed by atoms with Crippen LogP contribution < -0.4 is 5.32 Å². The highest BCUT2D eigenvalue weighted by Crippen LogP contribution is 2.24. The molecule has 4 aromatic rings. The molecule has 0 bridgehead atoms. The number of nitrogens with one attached hydrogen (secondary N) is 1. The molecule has 5 nitrogen and oxygen atoms in total. The predicted octanol–water partition coefficient (Wildman–Crippen LogP) is 5.51. The molecule has 1 N–H and O–H groups in total. The highest BCUT2D eigenvalue weighted by Gasteiger charge is 2.20. The summed E-state index contributed by atoms with van der Waals surface area (Å²) in [4.78, 5) is 19.1. The molecule has 1 atom stereocenters. The van der Waals surface area contributed by atoms with Gasteiger partial charge in [0.1, 0.15) is 12.1 Å². The van der Waals surface area contributed by atoms with Gasteiger partial charge in [-0.15, -0.1) is 0 Å². The Bertz CT molecular complexity index is 1180. The zero-order chi connectivity index (χ0) is 23.0. The number of rotatable bonds is 9. The fraction of sp³-hybridized carbons (Fsp3) is 0.185. The van der Waals surface area contributed by atoms with Crippen LogP contribution in [0.15, 0.2) is 95.6 Å². The van der Waals surface area contributed by atoms with Crippen molar-refractivity contribution < 1.29 is 13.6 Å². The molecule has 0 saturated carbocycles. The molecule has 0 radical (unpaired) electrons. The van der Waals surface area contributed by atoms with E-state index in [0.29, 0.717) is 25.5 Å². The average molecular weight is 444 g/mol. The van der Waals surface area contributed by atoms with Gasteiger partial charge in [0.15, 0.2) is 5.69 Å². The molecule has 0 aliphatic rings. The van der Waals surface area contributed by atoms with E-state index in [0.717, 1.165) is 16.7 Å². The quantitative estimate of drug-likeness (QED) is 0.371. The maximum Gasteiger partial charge on any atom is 0.273 e. The summed E-state index contributed by atoms with van der Waals surface area (Å²) in [5, 5.41) is 2.86. The third kappa shape index (κ3) is 6.14. The van der Waals surface area contributed by atoms with Gasteiger partial charge in [0.2, 0.25) is 5.89 Å². The molecule has 0 spiro atoms. The Hall–Kier alpha value is -3.77. The monoisotopic (exact) mass is 443 g/mol.